The molecule has 1 N–H and O–H groups in total. The number of benzene rings is 2. The fourth-order valence-corrected chi connectivity index (χ4v) is 3.25. The van der Waals surface area contributed by atoms with Crippen LogP contribution in [0.2, 0.25) is 0 Å². The van der Waals surface area contributed by atoms with Crippen molar-refractivity contribution in [3.63, 3.8) is 0 Å². The third-order valence-corrected chi connectivity index (χ3v) is 4.46. The van der Waals surface area contributed by atoms with Gasteiger partial charge >= 0.3 is 12.1 Å². The quantitative estimate of drug-likeness (QED) is 0.851. The number of carbonyl (C=O) groups excluding carboxylic acids is 1. The summed E-state index contributed by atoms with van der Waals surface area (Å²) in [6.45, 7) is 0.497. The summed E-state index contributed by atoms with van der Waals surface area (Å²) in [6.07, 6.45) is -0.485. The van der Waals surface area contributed by atoms with Gasteiger partial charge in [0.25, 0.3) is 0 Å². The lowest BCUT2D eigenvalue weighted by atomic mass is 9.98. The molecule has 0 saturated carbocycles. The third-order valence-electron chi connectivity index (χ3n) is 3.97. The number of carboxylic acid groups (broad SMARTS) is 1. The summed E-state index contributed by atoms with van der Waals surface area (Å²) in [5.74, 6) is -1.12. The van der Waals surface area contributed by atoms with Crippen LogP contribution in [0.25, 0.3) is 0 Å². The second-order valence-electron chi connectivity index (χ2n) is 5.65. The number of hydrogen-bond acceptors (Lipinski definition) is 3. The fourth-order valence-electron chi connectivity index (χ4n) is 2.87. The van der Waals surface area contributed by atoms with Crippen LogP contribution in [0.5, 0.6) is 0 Å². The molecule has 2 aromatic rings. The zero-order valence-electron chi connectivity index (χ0n) is 12.8. The Morgan fingerprint density at radius 1 is 1.21 bits per heavy atom. The van der Waals surface area contributed by atoms with Gasteiger partial charge in [0.05, 0.1) is 12.1 Å². The number of aliphatic carboxylic acids is 1. The molecule has 0 bridgehead atoms. The van der Waals surface area contributed by atoms with Gasteiger partial charge in [-0.3, -0.25) is 9.69 Å². The van der Waals surface area contributed by atoms with Gasteiger partial charge < -0.3 is 9.84 Å². The first kappa shape index (κ1) is 16.5. The molecule has 0 fully saturated rings. The number of halogens is 1. The number of amides is 1. The minimum absolute atomic E-state index is 0.0219. The van der Waals surface area contributed by atoms with E-state index < -0.39 is 12.1 Å². The predicted molar refractivity (Wildman–Crippen MR) is 93.1 cm³/mol. The van der Waals surface area contributed by atoms with Crippen LogP contribution in [0.15, 0.2) is 53.0 Å². The first-order chi connectivity index (χ1) is 11.5. The number of fused-ring (bicyclic) bond motifs is 1. The summed E-state index contributed by atoms with van der Waals surface area (Å²) < 4.78 is 6.24. The first-order valence-electron chi connectivity index (χ1n) is 7.54. The SMILES string of the molecule is O=C(O)CC1CN(C(=O)OCc2ccccc2)c2ccc(Br)cc21. The van der Waals surface area contributed by atoms with Gasteiger partial charge in [-0.05, 0) is 29.3 Å². The number of anilines is 1. The number of nitrogens with zero attached hydrogens (tertiary/aromatic N) is 1. The molecule has 0 spiro atoms. The highest BCUT2D eigenvalue weighted by Crippen LogP contribution is 2.40. The Morgan fingerprint density at radius 3 is 2.67 bits per heavy atom. The summed E-state index contributed by atoms with van der Waals surface area (Å²) in [6, 6.07) is 14.9. The Bertz CT molecular complexity index is 763. The molecule has 5 nitrogen and oxygen atoms in total. The zero-order chi connectivity index (χ0) is 17.1. The Kier molecular flexibility index (Phi) is 4.85. The predicted octanol–water partition coefficient (Wildman–Crippen LogP) is 4.16. The van der Waals surface area contributed by atoms with Crippen LogP contribution in [0.1, 0.15) is 23.5 Å². The molecule has 1 atom stereocenters. The molecule has 124 valence electrons. The summed E-state index contributed by atoms with van der Waals surface area (Å²) in [7, 11) is 0. The van der Waals surface area contributed by atoms with Gasteiger partial charge in [0.1, 0.15) is 6.61 Å². The molecule has 0 aromatic heterocycles. The van der Waals surface area contributed by atoms with Crippen LogP contribution >= 0.6 is 15.9 Å². The Balaban J connectivity index is 1.76. The lowest BCUT2D eigenvalue weighted by Crippen LogP contribution is -2.30. The number of rotatable bonds is 4. The van der Waals surface area contributed by atoms with Crippen LogP contribution in [-0.2, 0) is 16.1 Å². The minimum atomic E-state index is -0.884. The lowest BCUT2D eigenvalue weighted by molar-refractivity contribution is -0.137. The molecular formula is C18H16BrNO4. The molecule has 6 heteroatoms. The third kappa shape index (κ3) is 3.59. The van der Waals surface area contributed by atoms with Crippen molar-refractivity contribution in [3.05, 3.63) is 64.1 Å². The first-order valence-corrected chi connectivity index (χ1v) is 8.33. The van der Waals surface area contributed by atoms with Gasteiger partial charge in [-0.15, -0.1) is 0 Å². The molecule has 2 aromatic carbocycles. The number of hydrogen-bond donors (Lipinski definition) is 1. The van der Waals surface area contributed by atoms with Crippen molar-refractivity contribution in [1.82, 2.24) is 0 Å². The minimum Gasteiger partial charge on any atom is -0.481 e. The molecule has 0 aliphatic carbocycles. The molecule has 0 radical (unpaired) electrons. The summed E-state index contributed by atoms with van der Waals surface area (Å²) in [4.78, 5) is 25.0. The van der Waals surface area contributed by atoms with Crippen LogP contribution in [0.3, 0.4) is 0 Å². The number of carbonyl (C=O) groups is 2. The van der Waals surface area contributed by atoms with Gasteiger partial charge in [-0.1, -0.05) is 46.3 Å². The highest BCUT2D eigenvalue weighted by molar-refractivity contribution is 9.10. The van der Waals surface area contributed by atoms with E-state index >= 15 is 0 Å². The van der Waals surface area contributed by atoms with E-state index in [1.165, 1.54) is 4.90 Å². The van der Waals surface area contributed by atoms with E-state index in [0.717, 1.165) is 15.6 Å². The van der Waals surface area contributed by atoms with Crippen LogP contribution < -0.4 is 4.90 Å². The van der Waals surface area contributed by atoms with Gasteiger partial charge in [0.2, 0.25) is 0 Å². The Hall–Kier alpha value is -2.34. The van der Waals surface area contributed by atoms with Gasteiger partial charge in [0.15, 0.2) is 0 Å². The molecule has 0 saturated heterocycles. The molecule has 1 heterocycles. The van der Waals surface area contributed by atoms with Crippen molar-refractivity contribution in [1.29, 1.82) is 0 Å². The van der Waals surface area contributed by atoms with Crippen molar-refractivity contribution in [2.75, 3.05) is 11.4 Å². The van der Waals surface area contributed by atoms with Crippen molar-refractivity contribution in [3.8, 4) is 0 Å². The maximum atomic E-state index is 12.4. The fraction of sp³-hybridized carbons (Fsp3) is 0.222. The van der Waals surface area contributed by atoms with E-state index in [1.54, 1.807) is 0 Å². The molecule has 1 unspecified atom stereocenters. The van der Waals surface area contributed by atoms with E-state index in [9.17, 15) is 9.59 Å². The molecule has 1 aliphatic heterocycles. The second kappa shape index (κ2) is 7.05. The average molecular weight is 390 g/mol. The number of ether oxygens (including phenoxy) is 1. The van der Waals surface area contributed by atoms with Crippen molar-refractivity contribution >= 4 is 33.7 Å². The van der Waals surface area contributed by atoms with Gasteiger partial charge in [-0.2, -0.15) is 0 Å². The van der Waals surface area contributed by atoms with Crippen LogP contribution in [-0.4, -0.2) is 23.7 Å². The summed E-state index contributed by atoms with van der Waals surface area (Å²) in [5.41, 5.74) is 2.47. The highest BCUT2D eigenvalue weighted by atomic mass is 79.9. The van der Waals surface area contributed by atoms with Gasteiger partial charge in [-0.25, -0.2) is 4.79 Å². The number of carboxylic acids is 1. The smallest absolute Gasteiger partial charge is 0.414 e. The summed E-state index contributed by atoms with van der Waals surface area (Å²) in [5, 5.41) is 9.10. The van der Waals surface area contributed by atoms with Crippen molar-refractivity contribution < 1.29 is 19.4 Å². The zero-order valence-corrected chi connectivity index (χ0v) is 14.4. The Morgan fingerprint density at radius 2 is 1.96 bits per heavy atom. The average Bonchev–Trinajstić information content (AvgIpc) is 2.91. The largest absolute Gasteiger partial charge is 0.481 e. The molecule has 1 amide bonds. The molecule has 24 heavy (non-hydrogen) atoms. The van der Waals surface area contributed by atoms with Gasteiger partial charge in [0, 0.05) is 16.9 Å². The van der Waals surface area contributed by atoms with Crippen molar-refractivity contribution in [2.24, 2.45) is 0 Å². The second-order valence-corrected chi connectivity index (χ2v) is 6.56. The topological polar surface area (TPSA) is 66.8 Å². The van der Waals surface area contributed by atoms with E-state index in [2.05, 4.69) is 15.9 Å². The van der Waals surface area contributed by atoms with Crippen LogP contribution in [0, 0.1) is 0 Å². The van der Waals surface area contributed by atoms with E-state index in [-0.39, 0.29) is 18.9 Å². The van der Waals surface area contributed by atoms with E-state index in [4.69, 9.17) is 9.84 Å². The lowest BCUT2D eigenvalue weighted by Gasteiger charge is -2.17. The highest BCUT2D eigenvalue weighted by Gasteiger charge is 2.34. The standard InChI is InChI=1S/C18H16BrNO4/c19-14-6-7-16-15(9-14)13(8-17(21)22)10-20(16)18(23)24-11-12-4-2-1-3-5-12/h1-7,9,13H,8,10-11H2,(H,21,22). The monoisotopic (exact) mass is 389 g/mol. The van der Waals surface area contributed by atoms with E-state index in [1.807, 2.05) is 48.5 Å². The maximum Gasteiger partial charge on any atom is 0.414 e. The molecular weight excluding hydrogens is 374 g/mol. The normalized spacial score (nSPS) is 15.9. The molecule has 3 rings (SSSR count). The van der Waals surface area contributed by atoms with E-state index in [0.29, 0.717) is 12.2 Å². The Labute approximate surface area is 148 Å². The maximum absolute atomic E-state index is 12.4. The molecule has 1 aliphatic rings. The van der Waals surface area contributed by atoms with Crippen molar-refractivity contribution in [2.45, 2.75) is 18.9 Å². The summed E-state index contributed by atoms with van der Waals surface area (Å²) >= 11 is 3.39. The van der Waals surface area contributed by atoms with Crippen LogP contribution in [0.4, 0.5) is 10.5 Å².